The van der Waals surface area contributed by atoms with Gasteiger partial charge in [0.25, 0.3) is 0 Å². The van der Waals surface area contributed by atoms with Crippen LogP contribution in [0.25, 0.3) is 0 Å². The number of carbonyl (C=O) groups excluding carboxylic acids is 2. The number of ether oxygens (including phenoxy) is 1. The molecule has 0 aromatic rings. The number of fused-ring (bicyclic) bond motifs is 1. The molecule has 0 spiro atoms. The fraction of sp³-hybridized carbons (Fsp3) is 0.913. The first-order valence-electron chi connectivity index (χ1n) is 13.1. The second kappa shape index (κ2) is 11.2. The van der Waals surface area contributed by atoms with Crippen LogP contribution >= 0.6 is 0 Å². The number of rotatable bonds is 5. The molecular weight excluding hydrogens is 515 g/mol. The van der Waals surface area contributed by atoms with Gasteiger partial charge in [0.15, 0.2) is 0 Å². The average molecular weight is 554 g/mol. The number of halogens is 3. The van der Waals surface area contributed by atoms with E-state index in [4.69, 9.17) is 0 Å². The fourth-order valence-corrected chi connectivity index (χ4v) is 8.76. The number of nitrogens with zero attached hydrogens (tertiary/aromatic N) is 2. The zero-order chi connectivity index (χ0) is 27.0. The second-order valence-corrected chi connectivity index (χ2v) is 12.9. The Morgan fingerprint density at radius 2 is 1.59 bits per heavy atom. The van der Waals surface area contributed by atoms with E-state index >= 15 is 0 Å². The lowest BCUT2D eigenvalue weighted by Crippen LogP contribution is -2.50. The number of piperidine rings is 2. The van der Waals surface area contributed by atoms with Crippen LogP contribution in [0.2, 0.25) is 0 Å². The Morgan fingerprint density at radius 3 is 2.16 bits per heavy atom. The van der Waals surface area contributed by atoms with Crippen molar-refractivity contribution < 1.29 is 35.9 Å². The summed E-state index contributed by atoms with van der Waals surface area (Å²) in [5, 5.41) is 6.25. The molecule has 0 radical (unpaired) electrons. The van der Waals surface area contributed by atoms with Crippen molar-refractivity contribution in [1.82, 2.24) is 25.4 Å². The molecule has 4 fully saturated rings. The molecule has 1 saturated carbocycles. The van der Waals surface area contributed by atoms with Crippen molar-refractivity contribution in [3.8, 4) is 0 Å². The molecule has 2 amide bonds. The summed E-state index contributed by atoms with van der Waals surface area (Å²) in [6.45, 7) is 1.23. The summed E-state index contributed by atoms with van der Waals surface area (Å²) in [6, 6.07) is -2.53. The molecule has 3 heterocycles. The maximum absolute atomic E-state index is 13.6. The third-order valence-corrected chi connectivity index (χ3v) is 11.2. The first-order chi connectivity index (χ1) is 17.5. The maximum Gasteiger partial charge on any atom is 0.407 e. The van der Waals surface area contributed by atoms with Crippen molar-refractivity contribution >= 4 is 22.0 Å². The van der Waals surface area contributed by atoms with Crippen LogP contribution in [0.5, 0.6) is 0 Å². The van der Waals surface area contributed by atoms with E-state index in [9.17, 15) is 31.2 Å². The number of hydrogen-bond acceptors (Lipinski definition) is 7. The number of hydrazine groups is 1. The highest BCUT2D eigenvalue weighted by Crippen LogP contribution is 2.43. The summed E-state index contributed by atoms with van der Waals surface area (Å²) in [4.78, 5) is 23.8. The Balaban J connectivity index is 1.32. The van der Waals surface area contributed by atoms with Crippen LogP contribution in [0, 0.1) is 17.8 Å². The van der Waals surface area contributed by atoms with E-state index in [-0.39, 0.29) is 17.9 Å². The van der Waals surface area contributed by atoms with Crippen LogP contribution in [0.3, 0.4) is 0 Å². The fourth-order valence-electron chi connectivity index (χ4n) is 6.75. The normalized spacial score (nSPS) is 34.5. The van der Waals surface area contributed by atoms with Gasteiger partial charge in [0.1, 0.15) is 6.04 Å². The molecule has 0 bridgehead atoms. The van der Waals surface area contributed by atoms with Crippen molar-refractivity contribution in [2.45, 2.75) is 80.9 Å². The summed E-state index contributed by atoms with van der Waals surface area (Å²) in [6.07, 6.45) is -0.412. The molecule has 3 aliphatic heterocycles. The van der Waals surface area contributed by atoms with Gasteiger partial charge >= 0.3 is 12.3 Å². The highest BCUT2D eigenvalue weighted by molar-refractivity contribution is 7.89. The highest BCUT2D eigenvalue weighted by atomic mass is 32.2. The zero-order valence-corrected chi connectivity index (χ0v) is 22.1. The number of amides is 2. The Hall–Kier alpha value is -1.64. The number of methoxy groups -OCH3 is 1. The monoisotopic (exact) mass is 553 g/mol. The van der Waals surface area contributed by atoms with Crippen molar-refractivity contribution in [1.29, 1.82) is 0 Å². The summed E-state index contributed by atoms with van der Waals surface area (Å²) in [7, 11) is -0.812. The highest BCUT2D eigenvalue weighted by Gasteiger charge is 2.58. The van der Waals surface area contributed by atoms with Crippen LogP contribution in [-0.4, -0.2) is 93.1 Å². The van der Waals surface area contributed by atoms with E-state index in [0.29, 0.717) is 71.0 Å². The van der Waals surface area contributed by atoms with Crippen LogP contribution < -0.4 is 16.1 Å². The molecule has 4 atom stereocenters. The maximum atomic E-state index is 13.6. The number of carbonyl (C=O) groups is 2. The van der Waals surface area contributed by atoms with Crippen LogP contribution in [0.4, 0.5) is 18.0 Å². The minimum Gasteiger partial charge on any atom is -0.453 e. The van der Waals surface area contributed by atoms with Gasteiger partial charge in [-0.15, -0.1) is 0 Å². The lowest BCUT2D eigenvalue weighted by Gasteiger charge is -2.42. The number of sulfonamides is 1. The number of alkyl carbamates (subject to hydrolysis) is 1. The van der Waals surface area contributed by atoms with Gasteiger partial charge < -0.3 is 15.4 Å². The summed E-state index contributed by atoms with van der Waals surface area (Å²) >= 11 is 0. The zero-order valence-electron chi connectivity index (χ0n) is 21.3. The Kier molecular flexibility index (Phi) is 8.61. The first-order valence-corrected chi connectivity index (χ1v) is 14.6. The van der Waals surface area contributed by atoms with Crippen LogP contribution in [0.1, 0.15) is 51.4 Å². The summed E-state index contributed by atoms with van der Waals surface area (Å²) < 4.78 is 73.7. The van der Waals surface area contributed by atoms with Gasteiger partial charge in [-0.3, -0.25) is 4.79 Å². The molecule has 4 unspecified atom stereocenters. The van der Waals surface area contributed by atoms with Gasteiger partial charge in [-0.25, -0.2) is 28.0 Å². The van der Waals surface area contributed by atoms with E-state index in [0.717, 1.165) is 0 Å². The quantitative estimate of drug-likeness (QED) is 0.473. The molecule has 10 nitrogen and oxygen atoms in total. The number of nitrogens with one attached hydrogen (secondary N) is 3. The summed E-state index contributed by atoms with van der Waals surface area (Å²) in [5.74, 6) is -1.46. The lowest BCUT2D eigenvalue weighted by molar-refractivity contribution is -0.169. The lowest BCUT2D eigenvalue weighted by atomic mass is 9.74. The van der Waals surface area contributed by atoms with Crippen molar-refractivity contribution in [2.75, 3.05) is 33.8 Å². The molecule has 4 aliphatic rings. The van der Waals surface area contributed by atoms with Gasteiger partial charge in [0.2, 0.25) is 15.9 Å². The Bertz CT molecular complexity index is 936. The van der Waals surface area contributed by atoms with Crippen LogP contribution in [-0.2, 0) is 19.6 Å². The van der Waals surface area contributed by atoms with Gasteiger partial charge in [0, 0.05) is 38.8 Å². The standard InChI is InChI=1S/C23H38F3N5O5S/c1-27-21(32)19-18-13-15(9-12-31(18)29-20(19)23(24,25)26)14-7-10-30(11-8-14)37(34,35)17-5-3-16(4-6-17)28-22(33)36-2/h14-20,29H,3-13H2,1-2H3,(H,27,32)(H,28,33). The van der Waals surface area contributed by atoms with Crippen molar-refractivity contribution in [2.24, 2.45) is 17.8 Å². The van der Waals surface area contributed by atoms with E-state index in [1.807, 2.05) is 0 Å². The predicted molar refractivity (Wildman–Crippen MR) is 129 cm³/mol. The molecule has 212 valence electrons. The van der Waals surface area contributed by atoms with Gasteiger partial charge in [-0.2, -0.15) is 13.2 Å². The molecule has 0 aromatic carbocycles. The van der Waals surface area contributed by atoms with E-state index in [2.05, 4.69) is 20.8 Å². The third-order valence-electron chi connectivity index (χ3n) is 8.79. The third kappa shape index (κ3) is 6.01. The molecule has 4 rings (SSSR count). The smallest absolute Gasteiger partial charge is 0.407 e. The van der Waals surface area contributed by atoms with Crippen LogP contribution in [0.15, 0.2) is 0 Å². The summed E-state index contributed by atoms with van der Waals surface area (Å²) in [5.41, 5.74) is 2.53. The molecule has 3 N–H and O–H groups in total. The number of hydrogen-bond donors (Lipinski definition) is 3. The molecular formula is C23H38F3N5O5S. The SMILES string of the molecule is CNC(=O)C1C2CC(C3CCN(S(=O)(=O)C4CCC(NC(=O)OC)CC4)CC3)CCN2NC1C(F)(F)F. The molecule has 1 aliphatic carbocycles. The molecule has 37 heavy (non-hydrogen) atoms. The molecule has 14 heteroatoms. The first kappa shape index (κ1) is 28.4. The molecule has 3 saturated heterocycles. The second-order valence-electron chi connectivity index (χ2n) is 10.7. The average Bonchev–Trinajstić information content (AvgIpc) is 3.28. The minimum absolute atomic E-state index is 0.0869. The van der Waals surface area contributed by atoms with Crippen molar-refractivity contribution in [3.05, 3.63) is 0 Å². The van der Waals surface area contributed by atoms with E-state index in [1.165, 1.54) is 14.2 Å². The largest absolute Gasteiger partial charge is 0.453 e. The van der Waals surface area contributed by atoms with Gasteiger partial charge in [0.05, 0.1) is 18.3 Å². The topological polar surface area (TPSA) is 120 Å². The molecule has 0 aromatic heterocycles. The Morgan fingerprint density at radius 1 is 0.973 bits per heavy atom. The van der Waals surface area contributed by atoms with E-state index < -0.39 is 51.5 Å². The van der Waals surface area contributed by atoms with Gasteiger partial charge in [-0.1, -0.05) is 0 Å². The van der Waals surface area contributed by atoms with E-state index in [1.54, 1.807) is 9.31 Å². The minimum atomic E-state index is -4.53. The van der Waals surface area contributed by atoms with Gasteiger partial charge in [-0.05, 0) is 63.2 Å². The number of alkyl halides is 3. The Labute approximate surface area is 216 Å². The predicted octanol–water partition coefficient (Wildman–Crippen LogP) is 1.59. The van der Waals surface area contributed by atoms with Crippen molar-refractivity contribution in [3.63, 3.8) is 0 Å².